The Kier molecular flexibility index (Phi) is 4.12. The van der Waals surface area contributed by atoms with Gasteiger partial charge in [0.15, 0.2) is 0 Å². The summed E-state index contributed by atoms with van der Waals surface area (Å²) in [6.45, 7) is 0.522. The minimum absolute atomic E-state index is 0.241. The third kappa shape index (κ3) is 3.31. The summed E-state index contributed by atoms with van der Waals surface area (Å²) in [6, 6.07) is 3.88. The maximum atomic E-state index is 11.1. The number of carbonyl (C=O) groups is 1. The van der Waals surface area contributed by atoms with Crippen LogP contribution < -0.4 is 4.90 Å². The Morgan fingerprint density at radius 1 is 1.42 bits per heavy atom. The fourth-order valence-electron chi connectivity index (χ4n) is 1.63. The Morgan fingerprint density at radius 3 is 2.74 bits per heavy atom. The first-order valence-electron chi connectivity index (χ1n) is 5.94. The highest BCUT2D eigenvalue weighted by Gasteiger charge is 2.08. The molecule has 0 amide bonds. The van der Waals surface area contributed by atoms with E-state index in [4.69, 9.17) is 0 Å². The molecule has 2 aromatic heterocycles. The molecule has 2 heterocycles. The van der Waals surface area contributed by atoms with E-state index in [-0.39, 0.29) is 5.97 Å². The van der Waals surface area contributed by atoms with E-state index in [0.29, 0.717) is 18.9 Å². The van der Waals surface area contributed by atoms with Gasteiger partial charge in [-0.25, -0.2) is 9.97 Å². The second kappa shape index (κ2) is 5.99. The number of ether oxygens (including phenoxy) is 1. The molecule has 0 unspecified atom stereocenters. The molecule has 0 fully saturated rings. The van der Waals surface area contributed by atoms with Crippen molar-refractivity contribution in [2.75, 3.05) is 25.6 Å². The van der Waals surface area contributed by atoms with Crippen LogP contribution in [0.25, 0.3) is 11.3 Å². The standard InChI is InChI=1S/C13H16N4O2/c1-17(7-5-12(18)19-2)13-15-8-10(9-16-13)11-4-3-6-14-11/h3-4,6,8-9,14H,5,7H2,1-2H3. The summed E-state index contributed by atoms with van der Waals surface area (Å²) in [5.41, 5.74) is 1.90. The first-order valence-corrected chi connectivity index (χ1v) is 5.94. The molecule has 0 aliphatic heterocycles. The van der Waals surface area contributed by atoms with Gasteiger partial charge in [-0.1, -0.05) is 0 Å². The van der Waals surface area contributed by atoms with Crippen molar-refractivity contribution in [1.29, 1.82) is 0 Å². The maximum absolute atomic E-state index is 11.1. The number of hydrogen-bond acceptors (Lipinski definition) is 5. The van der Waals surface area contributed by atoms with Crippen molar-refractivity contribution in [2.24, 2.45) is 0 Å². The lowest BCUT2D eigenvalue weighted by Crippen LogP contribution is -2.23. The van der Waals surface area contributed by atoms with Gasteiger partial charge in [-0.15, -0.1) is 0 Å². The highest BCUT2D eigenvalue weighted by atomic mass is 16.5. The Balaban J connectivity index is 2.00. The van der Waals surface area contributed by atoms with Crippen LogP contribution in [-0.4, -0.2) is 41.6 Å². The minimum Gasteiger partial charge on any atom is -0.469 e. The lowest BCUT2D eigenvalue weighted by Gasteiger charge is -2.15. The molecule has 0 aliphatic carbocycles. The quantitative estimate of drug-likeness (QED) is 0.824. The van der Waals surface area contributed by atoms with E-state index in [9.17, 15) is 4.79 Å². The summed E-state index contributed by atoms with van der Waals surface area (Å²) in [5.74, 6) is 0.342. The van der Waals surface area contributed by atoms with Crippen LogP contribution in [0.15, 0.2) is 30.7 Å². The van der Waals surface area contributed by atoms with Gasteiger partial charge < -0.3 is 14.6 Å². The molecule has 0 aliphatic rings. The number of nitrogens with zero attached hydrogens (tertiary/aromatic N) is 3. The SMILES string of the molecule is COC(=O)CCN(C)c1ncc(-c2ccc[nH]2)cn1. The fourth-order valence-corrected chi connectivity index (χ4v) is 1.63. The summed E-state index contributed by atoms with van der Waals surface area (Å²) in [6.07, 6.45) is 5.67. The zero-order chi connectivity index (χ0) is 13.7. The Hall–Kier alpha value is -2.37. The second-order valence-electron chi connectivity index (χ2n) is 4.10. The van der Waals surface area contributed by atoms with Crippen LogP contribution >= 0.6 is 0 Å². The second-order valence-corrected chi connectivity index (χ2v) is 4.10. The summed E-state index contributed by atoms with van der Waals surface area (Å²) >= 11 is 0. The van der Waals surface area contributed by atoms with Crippen LogP contribution in [0.1, 0.15) is 6.42 Å². The summed E-state index contributed by atoms with van der Waals surface area (Å²) in [5, 5.41) is 0. The number of anilines is 1. The number of carbonyl (C=O) groups excluding carboxylic acids is 1. The Morgan fingerprint density at radius 2 is 2.16 bits per heavy atom. The molecule has 0 aromatic carbocycles. The highest BCUT2D eigenvalue weighted by Crippen LogP contribution is 2.16. The van der Waals surface area contributed by atoms with Crippen molar-refractivity contribution < 1.29 is 9.53 Å². The normalized spacial score (nSPS) is 10.2. The van der Waals surface area contributed by atoms with E-state index >= 15 is 0 Å². The van der Waals surface area contributed by atoms with E-state index in [2.05, 4.69) is 19.7 Å². The molecule has 6 heteroatoms. The van der Waals surface area contributed by atoms with Crippen molar-refractivity contribution in [1.82, 2.24) is 15.0 Å². The predicted octanol–water partition coefficient (Wildman–Crippen LogP) is 1.47. The lowest BCUT2D eigenvalue weighted by molar-refractivity contribution is -0.140. The third-order valence-corrected chi connectivity index (χ3v) is 2.77. The number of H-pyrrole nitrogens is 1. The molecular weight excluding hydrogens is 244 g/mol. The van der Waals surface area contributed by atoms with Crippen LogP contribution in [0.3, 0.4) is 0 Å². The number of esters is 1. The molecule has 0 bridgehead atoms. The van der Waals surface area contributed by atoms with E-state index in [0.717, 1.165) is 11.3 Å². The molecule has 1 N–H and O–H groups in total. The van der Waals surface area contributed by atoms with Gasteiger partial charge in [0.2, 0.25) is 5.95 Å². The average Bonchev–Trinajstić information content (AvgIpc) is 2.98. The monoisotopic (exact) mass is 260 g/mol. The molecule has 0 atom stereocenters. The molecule has 0 saturated carbocycles. The zero-order valence-electron chi connectivity index (χ0n) is 11.0. The Bertz CT molecular complexity index is 522. The molecule has 0 saturated heterocycles. The minimum atomic E-state index is -0.241. The largest absolute Gasteiger partial charge is 0.469 e. The summed E-state index contributed by atoms with van der Waals surface area (Å²) in [4.78, 5) is 24.5. The van der Waals surface area contributed by atoms with E-state index in [1.165, 1.54) is 7.11 Å². The number of aromatic amines is 1. The smallest absolute Gasteiger partial charge is 0.307 e. The molecule has 19 heavy (non-hydrogen) atoms. The third-order valence-electron chi connectivity index (χ3n) is 2.77. The van der Waals surface area contributed by atoms with E-state index in [1.54, 1.807) is 12.4 Å². The number of methoxy groups -OCH3 is 1. The number of rotatable bonds is 5. The van der Waals surface area contributed by atoms with E-state index in [1.807, 2.05) is 30.3 Å². The van der Waals surface area contributed by atoms with Crippen LogP contribution in [-0.2, 0) is 9.53 Å². The van der Waals surface area contributed by atoms with Gasteiger partial charge in [0.25, 0.3) is 0 Å². The van der Waals surface area contributed by atoms with Crippen LogP contribution in [0.2, 0.25) is 0 Å². The van der Waals surface area contributed by atoms with Crippen molar-refractivity contribution >= 4 is 11.9 Å². The molecule has 2 rings (SSSR count). The first kappa shape index (κ1) is 13.1. The summed E-state index contributed by atoms with van der Waals surface area (Å²) < 4.78 is 4.59. The van der Waals surface area contributed by atoms with Gasteiger partial charge in [-0.05, 0) is 12.1 Å². The van der Waals surface area contributed by atoms with Gasteiger partial charge in [0, 0.05) is 43.4 Å². The molecule has 2 aromatic rings. The summed E-state index contributed by atoms with van der Waals surface area (Å²) in [7, 11) is 3.22. The molecule has 0 spiro atoms. The van der Waals surface area contributed by atoms with Crippen molar-refractivity contribution in [2.45, 2.75) is 6.42 Å². The number of aromatic nitrogens is 3. The van der Waals surface area contributed by atoms with E-state index < -0.39 is 0 Å². The molecule has 0 radical (unpaired) electrons. The maximum Gasteiger partial charge on any atom is 0.307 e. The van der Waals surface area contributed by atoms with Gasteiger partial charge in [0.05, 0.1) is 13.5 Å². The van der Waals surface area contributed by atoms with Crippen molar-refractivity contribution in [3.63, 3.8) is 0 Å². The van der Waals surface area contributed by atoms with Gasteiger partial charge in [0.1, 0.15) is 0 Å². The number of hydrogen-bond donors (Lipinski definition) is 1. The van der Waals surface area contributed by atoms with Crippen LogP contribution in [0, 0.1) is 0 Å². The zero-order valence-corrected chi connectivity index (χ0v) is 11.0. The van der Waals surface area contributed by atoms with Crippen molar-refractivity contribution in [3.8, 4) is 11.3 Å². The topological polar surface area (TPSA) is 71.1 Å². The molecule has 6 nitrogen and oxygen atoms in total. The van der Waals surface area contributed by atoms with Gasteiger partial charge in [-0.2, -0.15) is 0 Å². The van der Waals surface area contributed by atoms with Crippen LogP contribution in [0.4, 0.5) is 5.95 Å². The van der Waals surface area contributed by atoms with Crippen LogP contribution in [0.5, 0.6) is 0 Å². The number of nitrogens with one attached hydrogen (secondary N) is 1. The molecular formula is C13H16N4O2. The fraction of sp³-hybridized carbons (Fsp3) is 0.308. The lowest BCUT2D eigenvalue weighted by atomic mass is 10.2. The highest BCUT2D eigenvalue weighted by molar-refractivity contribution is 5.69. The van der Waals surface area contributed by atoms with Gasteiger partial charge >= 0.3 is 5.97 Å². The average molecular weight is 260 g/mol. The van der Waals surface area contributed by atoms with Crippen molar-refractivity contribution in [3.05, 3.63) is 30.7 Å². The predicted molar refractivity (Wildman–Crippen MR) is 71.7 cm³/mol. The van der Waals surface area contributed by atoms with Gasteiger partial charge in [-0.3, -0.25) is 4.79 Å². The Labute approximate surface area is 111 Å². The first-order chi connectivity index (χ1) is 9.20. The molecule has 100 valence electrons.